The number of rotatable bonds is 3. The number of nitrogens with one attached hydrogen (secondary N) is 1. The number of benzene rings is 3. The van der Waals surface area contributed by atoms with E-state index in [1.165, 1.54) is 0 Å². The fourth-order valence-corrected chi connectivity index (χ4v) is 3.77. The van der Waals surface area contributed by atoms with Gasteiger partial charge in [0.15, 0.2) is 0 Å². The van der Waals surface area contributed by atoms with Gasteiger partial charge in [-0.2, -0.15) is 0 Å². The van der Waals surface area contributed by atoms with Crippen LogP contribution < -0.4 is 10.2 Å². The molecule has 2 amide bonds. The monoisotopic (exact) mass is 418 g/mol. The smallest absolute Gasteiger partial charge is 0.258 e. The van der Waals surface area contributed by atoms with Crippen molar-refractivity contribution < 1.29 is 9.59 Å². The molecule has 30 heavy (non-hydrogen) atoms. The van der Waals surface area contributed by atoms with Crippen LogP contribution in [0.1, 0.15) is 52.6 Å². The Balaban J connectivity index is 1.50. The van der Waals surface area contributed by atoms with E-state index in [-0.39, 0.29) is 17.2 Å². The molecule has 3 aromatic rings. The highest BCUT2D eigenvalue weighted by atomic mass is 35.5. The SMILES string of the molecule is CC(C)(C)c1ccc(C(=O)Nc2ccc(N3Cc4ccccc4C3=O)cc2Cl)cc1. The summed E-state index contributed by atoms with van der Waals surface area (Å²) in [6, 6.07) is 20.4. The molecule has 0 spiro atoms. The molecule has 1 heterocycles. The Labute approximate surface area is 181 Å². The quantitative estimate of drug-likeness (QED) is 0.562. The lowest BCUT2D eigenvalue weighted by Gasteiger charge is -2.19. The number of halogens is 1. The van der Waals surface area contributed by atoms with Gasteiger partial charge < -0.3 is 10.2 Å². The van der Waals surface area contributed by atoms with Crippen LogP contribution in [0.2, 0.25) is 5.02 Å². The van der Waals surface area contributed by atoms with Crippen LogP contribution in [0.4, 0.5) is 11.4 Å². The molecule has 152 valence electrons. The van der Waals surface area contributed by atoms with Crippen LogP contribution >= 0.6 is 11.6 Å². The second-order valence-electron chi connectivity index (χ2n) is 8.49. The predicted octanol–water partition coefficient (Wildman–Crippen LogP) is 6.05. The van der Waals surface area contributed by atoms with E-state index in [2.05, 4.69) is 26.1 Å². The summed E-state index contributed by atoms with van der Waals surface area (Å²) in [5.41, 5.74) is 4.68. The van der Waals surface area contributed by atoms with Gasteiger partial charge in [0.1, 0.15) is 0 Å². The van der Waals surface area contributed by atoms with Crippen molar-refractivity contribution in [2.24, 2.45) is 0 Å². The molecule has 1 aliphatic heterocycles. The number of anilines is 2. The minimum Gasteiger partial charge on any atom is -0.321 e. The summed E-state index contributed by atoms with van der Waals surface area (Å²) in [6.45, 7) is 6.91. The van der Waals surface area contributed by atoms with Gasteiger partial charge in [-0.3, -0.25) is 9.59 Å². The largest absolute Gasteiger partial charge is 0.321 e. The molecule has 3 aromatic carbocycles. The number of nitrogens with zero attached hydrogens (tertiary/aromatic N) is 1. The minimum absolute atomic E-state index is 0.0286. The van der Waals surface area contributed by atoms with Crippen LogP contribution in [0.3, 0.4) is 0 Å². The fraction of sp³-hybridized carbons (Fsp3) is 0.200. The Morgan fingerprint density at radius 1 is 1.00 bits per heavy atom. The summed E-state index contributed by atoms with van der Waals surface area (Å²) in [5, 5.41) is 3.24. The van der Waals surface area contributed by atoms with Gasteiger partial charge in [-0.1, -0.05) is 62.7 Å². The Kier molecular flexibility index (Phi) is 5.12. The van der Waals surface area contributed by atoms with Crippen molar-refractivity contribution in [2.75, 3.05) is 10.2 Å². The van der Waals surface area contributed by atoms with Gasteiger partial charge >= 0.3 is 0 Å². The van der Waals surface area contributed by atoms with Gasteiger partial charge in [0.25, 0.3) is 11.8 Å². The topological polar surface area (TPSA) is 49.4 Å². The average Bonchev–Trinajstić information content (AvgIpc) is 3.06. The lowest BCUT2D eigenvalue weighted by molar-refractivity contribution is 0.0994. The maximum atomic E-state index is 12.7. The predicted molar refractivity (Wildman–Crippen MR) is 122 cm³/mol. The van der Waals surface area contributed by atoms with Gasteiger partial charge in [0.05, 0.1) is 17.3 Å². The van der Waals surface area contributed by atoms with Crippen molar-refractivity contribution in [2.45, 2.75) is 32.7 Å². The molecule has 0 aromatic heterocycles. The van der Waals surface area contributed by atoms with Crippen molar-refractivity contribution in [1.82, 2.24) is 0 Å². The van der Waals surface area contributed by atoms with Gasteiger partial charge in [-0.25, -0.2) is 0 Å². The zero-order chi connectivity index (χ0) is 21.5. The zero-order valence-electron chi connectivity index (χ0n) is 17.2. The summed E-state index contributed by atoms with van der Waals surface area (Å²) in [6.07, 6.45) is 0. The second kappa shape index (κ2) is 7.62. The highest BCUT2D eigenvalue weighted by Crippen LogP contribution is 2.33. The average molecular weight is 419 g/mol. The lowest BCUT2D eigenvalue weighted by Crippen LogP contribution is -2.23. The van der Waals surface area contributed by atoms with Crippen LogP contribution in [-0.2, 0) is 12.0 Å². The first-order valence-electron chi connectivity index (χ1n) is 9.85. The van der Waals surface area contributed by atoms with Crippen molar-refractivity contribution >= 4 is 34.8 Å². The maximum absolute atomic E-state index is 12.7. The Morgan fingerprint density at radius 3 is 2.33 bits per heavy atom. The Bertz CT molecular complexity index is 1130. The lowest BCUT2D eigenvalue weighted by atomic mass is 9.87. The third-order valence-corrected chi connectivity index (χ3v) is 5.66. The molecule has 0 radical (unpaired) electrons. The van der Waals surface area contributed by atoms with Crippen molar-refractivity contribution in [3.05, 3.63) is 94.0 Å². The molecule has 4 rings (SSSR count). The molecule has 0 fully saturated rings. The highest BCUT2D eigenvalue weighted by Gasteiger charge is 2.28. The van der Waals surface area contributed by atoms with Crippen LogP contribution in [0.5, 0.6) is 0 Å². The van der Waals surface area contributed by atoms with E-state index < -0.39 is 0 Å². The number of fused-ring (bicyclic) bond motifs is 1. The highest BCUT2D eigenvalue weighted by molar-refractivity contribution is 6.34. The summed E-state index contributed by atoms with van der Waals surface area (Å²) in [5.74, 6) is -0.271. The first-order chi connectivity index (χ1) is 14.2. The van der Waals surface area contributed by atoms with Gasteiger partial charge in [0, 0.05) is 16.8 Å². The Morgan fingerprint density at radius 2 is 1.70 bits per heavy atom. The standard InChI is InChI=1S/C25H23ClN2O2/c1-25(2,3)18-10-8-16(9-11-18)23(29)27-22-13-12-19(14-21(22)26)28-15-17-6-4-5-7-20(17)24(28)30/h4-14H,15H2,1-3H3,(H,27,29). The van der Waals surface area contributed by atoms with Crippen LogP contribution in [-0.4, -0.2) is 11.8 Å². The van der Waals surface area contributed by atoms with Crippen LogP contribution in [0.15, 0.2) is 66.7 Å². The Hall–Kier alpha value is -3.11. The number of amides is 2. The molecule has 1 N–H and O–H groups in total. The molecule has 0 unspecified atom stereocenters. The van der Waals surface area contributed by atoms with Gasteiger partial charge in [-0.05, 0) is 52.9 Å². The molecule has 5 heteroatoms. The normalized spacial score (nSPS) is 13.3. The second-order valence-corrected chi connectivity index (χ2v) is 8.90. The molecule has 1 aliphatic rings. The maximum Gasteiger partial charge on any atom is 0.258 e. The number of hydrogen-bond acceptors (Lipinski definition) is 2. The van der Waals surface area contributed by atoms with E-state index in [1.807, 2.05) is 48.5 Å². The third-order valence-electron chi connectivity index (χ3n) is 5.35. The third kappa shape index (κ3) is 3.83. The molecule has 0 aliphatic carbocycles. The van der Waals surface area contributed by atoms with Crippen LogP contribution in [0, 0.1) is 0 Å². The summed E-state index contributed by atoms with van der Waals surface area (Å²) in [7, 11) is 0. The number of carbonyl (C=O) groups is 2. The molecule has 0 atom stereocenters. The summed E-state index contributed by atoms with van der Waals surface area (Å²) >= 11 is 6.43. The van der Waals surface area contributed by atoms with Crippen molar-refractivity contribution in [1.29, 1.82) is 0 Å². The summed E-state index contributed by atoms with van der Waals surface area (Å²) < 4.78 is 0. The molecule has 0 saturated heterocycles. The number of hydrogen-bond donors (Lipinski definition) is 1. The molecule has 0 bridgehead atoms. The van der Waals surface area contributed by atoms with Crippen molar-refractivity contribution in [3.63, 3.8) is 0 Å². The zero-order valence-corrected chi connectivity index (χ0v) is 18.0. The summed E-state index contributed by atoms with van der Waals surface area (Å²) in [4.78, 5) is 27.0. The van der Waals surface area contributed by atoms with E-state index in [0.29, 0.717) is 34.1 Å². The first kappa shape index (κ1) is 20.2. The first-order valence-corrected chi connectivity index (χ1v) is 10.2. The van der Waals surface area contributed by atoms with E-state index in [1.54, 1.807) is 23.1 Å². The molecule has 0 saturated carbocycles. The minimum atomic E-state index is -0.227. The number of carbonyl (C=O) groups excluding carboxylic acids is 2. The molecular formula is C25H23ClN2O2. The fourth-order valence-electron chi connectivity index (χ4n) is 3.55. The van der Waals surface area contributed by atoms with Crippen molar-refractivity contribution in [3.8, 4) is 0 Å². The van der Waals surface area contributed by atoms with E-state index in [4.69, 9.17) is 11.6 Å². The van der Waals surface area contributed by atoms with E-state index in [9.17, 15) is 9.59 Å². The molecule has 4 nitrogen and oxygen atoms in total. The van der Waals surface area contributed by atoms with Gasteiger partial charge in [-0.15, -0.1) is 0 Å². The van der Waals surface area contributed by atoms with Crippen LogP contribution in [0.25, 0.3) is 0 Å². The van der Waals surface area contributed by atoms with E-state index >= 15 is 0 Å². The molecular weight excluding hydrogens is 396 g/mol. The van der Waals surface area contributed by atoms with E-state index in [0.717, 1.165) is 11.1 Å². The van der Waals surface area contributed by atoms with Gasteiger partial charge in [0.2, 0.25) is 0 Å².